The Morgan fingerprint density at radius 1 is 0.456 bits per heavy atom. The summed E-state index contributed by atoms with van der Waals surface area (Å²) in [5.74, 6) is 0. The van der Waals surface area contributed by atoms with Crippen LogP contribution in [-0.2, 0) is 0 Å². The van der Waals surface area contributed by atoms with Crippen LogP contribution in [0.2, 0.25) is 0 Å². The molecule has 0 saturated heterocycles. The first-order chi connectivity index (χ1) is 28.2. The molecule has 0 unspecified atom stereocenters. The maximum absolute atomic E-state index is 2.45. The van der Waals surface area contributed by atoms with Crippen LogP contribution >= 0.6 is 0 Å². The molecule has 0 spiro atoms. The quantitative estimate of drug-likeness (QED) is 0.155. The average molecular weight is 729 g/mol. The van der Waals surface area contributed by atoms with E-state index in [1.54, 1.807) is 0 Å². The molecule has 57 heavy (non-hydrogen) atoms. The Balaban J connectivity index is 1.12. The van der Waals surface area contributed by atoms with Crippen LogP contribution in [0.25, 0.3) is 82.1 Å². The number of benzene rings is 9. The molecule has 10 aromatic rings. The molecule has 1 aliphatic carbocycles. The Morgan fingerprint density at radius 2 is 1.07 bits per heavy atom. The number of anilines is 2. The van der Waals surface area contributed by atoms with E-state index in [1.807, 2.05) is 0 Å². The van der Waals surface area contributed by atoms with Gasteiger partial charge in [-0.3, -0.25) is 0 Å². The molecule has 2 heteroatoms. The number of hydrogen-bond donors (Lipinski definition) is 0. The van der Waals surface area contributed by atoms with Crippen molar-refractivity contribution in [3.8, 4) is 27.9 Å². The van der Waals surface area contributed by atoms with Crippen molar-refractivity contribution in [3.63, 3.8) is 0 Å². The molecule has 1 aliphatic rings. The minimum absolute atomic E-state index is 1.02. The van der Waals surface area contributed by atoms with Gasteiger partial charge in [0.05, 0.1) is 16.7 Å². The number of allylic oxidation sites excluding steroid dienone is 3. The highest BCUT2D eigenvalue weighted by molar-refractivity contribution is 6.24. The first kappa shape index (κ1) is 33.2. The second-order valence-corrected chi connectivity index (χ2v) is 15.2. The second kappa shape index (κ2) is 13.5. The Hall–Kier alpha value is -7.16. The third-order valence-electron chi connectivity index (χ3n) is 11.8. The third-order valence-corrected chi connectivity index (χ3v) is 11.8. The molecule has 0 fully saturated rings. The van der Waals surface area contributed by atoms with Crippen molar-refractivity contribution in [2.75, 3.05) is 4.90 Å². The van der Waals surface area contributed by atoms with Gasteiger partial charge in [0.2, 0.25) is 0 Å². The fourth-order valence-electron chi connectivity index (χ4n) is 9.35. The van der Waals surface area contributed by atoms with Gasteiger partial charge in [-0.05, 0) is 117 Å². The van der Waals surface area contributed by atoms with Gasteiger partial charge in [-0.2, -0.15) is 0 Å². The number of nitrogens with zero attached hydrogens (tertiary/aromatic N) is 2. The Labute approximate surface area is 332 Å². The first-order valence-electron chi connectivity index (χ1n) is 20.0. The summed E-state index contributed by atoms with van der Waals surface area (Å²) in [7, 11) is 0. The normalized spacial score (nSPS) is 12.9. The number of rotatable bonds is 6. The standard InChI is InChI=1S/C55H40N2/c1-37-30-35-49-50(36-37)55(48-23-9-8-22-47(48)54(49)38-16-4-2-5-17-38)46-26-14-25-43-42(46)24-15-29-51(43)56(39-18-6-3-7-19-39)40-31-33-41(34-32-40)57-52-27-12-10-20-44(52)45-21-11-13-28-53(45)57/h2,4-6,8-36H,3,7H2,1H3. The largest absolute Gasteiger partial charge is 0.310 e. The van der Waals surface area contributed by atoms with E-state index in [0.717, 1.165) is 24.2 Å². The Bertz CT molecular complexity index is 3180. The van der Waals surface area contributed by atoms with Crippen molar-refractivity contribution in [3.05, 3.63) is 211 Å². The summed E-state index contributed by atoms with van der Waals surface area (Å²) >= 11 is 0. The van der Waals surface area contributed by atoms with E-state index in [4.69, 9.17) is 0 Å². The zero-order valence-electron chi connectivity index (χ0n) is 31.9. The summed E-state index contributed by atoms with van der Waals surface area (Å²) in [4.78, 5) is 2.45. The lowest BCUT2D eigenvalue weighted by molar-refractivity contribution is 0.998. The van der Waals surface area contributed by atoms with Crippen molar-refractivity contribution in [1.82, 2.24) is 4.57 Å². The molecular weight excluding hydrogens is 689 g/mol. The molecule has 1 heterocycles. The van der Waals surface area contributed by atoms with Crippen LogP contribution in [0, 0.1) is 6.92 Å². The van der Waals surface area contributed by atoms with Gasteiger partial charge in [0, 0.05) is 33.2 Å². The van der Waals surface area contributed by atoms with E-state index < -0.39 is 0 Å². The van der Waals surface area contributed by atoms with Gasteiger partial charge in [-0.25, -0.2) is 0 Å². The first-order valence-corrected chi connectivity index (χ1v) is 20.0. The number of fused-ring (bicyclic) bond motifs is 6. The predicted molar refractivity (Wildman–Crippen MR) is 244 cm³/mol. The van der Waals surface area contributed by atoms with Crippen LogP contribution < -0.4 is 4.90 Å². The van der Waals surface area contributed by atoms with Crippen LogP contribution in [-0.4, -0.2) is 4.57 Å². The molecule has 0 radical (unpaired) electrons. The monoisotopic (exact) mass is 728 g/mol. The van der Waals surface area contributed by atoms with Crippen molar-refractivity contribution in [2.24, 2.45) is 0 Å². The van der Waals surface area contributed by atoms with E-state index >= 15 is 0 Å². The highest BCUT2D eigenvalue weighted by Crippen LogP contribution is 2.47. The molecule has 0 atom stereocenters. The number of hydrogen-bond acceptors (Lipinski definition) is 1. The maximum Gasteiger partial charge on any atom is 0.0541 e. The van der Waals surface area contributed by atoms with Gasteiger partial charge >= 0.3 is 0 Å². The lowest BCUT2D eigenvalue weighted by Crippen LogP contribution is -2.16. The fourth-order valence-corrected chi connectivity index (χ4v) is 9.35. The van der Waals surface area contributed by atoms with Crippen LogP contribution in [0.15, 0.2) is 206 Å². The Morgan fingerprint density at radius 3 is 1.79 bits per heavy atom. The van der Waals surface area contributed by atoms with E-state index in [-0.39, 0.29) is 0 Å². The van der Waals surface area contributed by atoms with E-state index in [0.29, 0.717) is 0 Å². The highest BCUT2D eigenvalue weighted by atomic mass is 15.1. The molecule has 270 valence electrons. The zero-order valence-corrected chi connectivity index (χ0v) is 31.9. The predicted octanol–water partition coefficient (Wildman–Crippen LogP) is 15.3. The minimum Gasteiger partial charge on any atom is -0.310 e. The third kappa shape index (κ3) is 5.40. The zero-order chi connectivity index (χ0) is 37.9. The molecule has 0 saturated carbocycles. The summed E-state index contributed by atoms with van der Waals surface area (Å²) in [6, 6.07) is 67.1. The minimum atomic E-state index is 1.02. The summed E-state index contributed by atoms with van der Waals surface area (Å²) in [5.41, 5.74) is 13.4. The SMILES string of the molecule is Cc1ccc2c(-c3ccccc3)c3ccccc3c(-c3cccc4c(N(C5=CCCC=C5)c5ccc(-n6c7ccccc7c7ccccc76)cc5)cccc34)c2c1. The molecule has 0 amide bonds. The molecular formula is C55H40N2. The smallest absolute Gasteiger partial charge is 0.0541 e. The van der Waals surface area contributed by atoms with Crippen LogP contribution in [0.5, 0.6) is 0 Å². The van der Waals surface area contributed by atoms with Crippen molar-refractivity contribution in [2.45, 2.75) is 19.8 Å². The molecule has 9 aromatic carbocycles. The number of para-hydroxylation sites is 2. The van der Waals surface area contributed by atoms with Crippen molar-refractivity contribution < 1.29 is 0 Å². The number of aryl methyl sites for hydroxylation is 1. The molecule has 0 bridgehead atoms. The summed E-state index contributed by atoms with van der Waals surface area (Å²) in [6.45, 7) is 2.21. The van der Waals surface area contributed by atoms with E-state index in [1.165, 1.54) is 93.3 Å². The van der Waals surface area contributed by atoms with Gasteiger partial charge in [0.1, 0.15) is 0 Å². The summed E-state index contributed by atoms with van der Waals surface area (Å²) in [5, 5.41) is 10.1. The topological polar surface area (TPSA) is 8.17 Å². The van der Waals surface area contributed by atoms with Gasteiger partial charge in [0.15, 0.2) is 0 Å². The Kier molecular flexibility index (Phi) is 7.89. The van der Waals surface area contributed by atoms with Gasteiger partial charge in [-0.15, -0.1) is 0 Å². The van der Waals surface area contributed by atoms with Gasteiger partial charge in [-0.1, -0.05) is 157 Å². The molecule has 2 nitrogen and oxygen atoms in total. The fraction of sp³-hybridized carbons (Fsp3) is 0.0545. The van der Waals surface area contributed by atoms with Crippen LogP contribution in [0.4, 0.5) is 11.4 Å². The van der Waals surface area contributed by atoms with E-state index in [2.05, 4.69) is 217 Å². The lowest BCUT2D eigenvalue weighted by Gasteiger charge is -2.29. The summed E-state index contributed by atoms with van der Waals surface area (Å²) < 4.78 is 2.39. The second-order valence-electron chi connectivity index (χ2n) is 15.2. The highest BCUT2D eigenvalue weighted by Gasteiger charge is 2.22. The van der Waals surface area contributed by atoms with E-state index in [9.17, 15) is 0 Å². The molecule has 0 aliphatic heterocycles. The molecule has 1 aromatic heterocycles. The molecule has 0 N–H and O–H groups in total. The van der Waals surface area contributed by atoms with Gasteiger partial charge in [0.25, 0.3) is 0 Å². The van der Waals surface area contributed by atoms with Crippen LogP contribution in [0.1, 0.15) is 18.4 Å². The summed E-state index contributed by atoms with van der Waals surface area (Å²) in [6.07, 6.45) is 9.06. The van der Waals surface area contributed by atoms with Crippen molar-refractivity contribution >= 4 is 65.5 Å². The molecule has 11 rings (SSSR count). The maximum atomic E-state index is 2.45. The average Bonchev–Trinajstić information content (AvgIpc) is 3.61. The number of aromatic nitrogens is 1. The van der Waals surface area contributed by atoms with Gasteiger partial charge < -0.3 is 9.47 Å². The lowest BCUT2D eigenvalue weighted by atomic mass is 9.84. The van der Waals surface area contributed by atoms with Crippen molar-refractivity contribution in [1.29, 1.82) is 0 Å². The van der Waals surface area contributed by atoms with Crippen LogP contribution in [0.3, 0.4) is 0 Å².